The summed E-state index contributed by atoms with van der Waals surface area (Å²) < 4.78 is 1.89. The topological polar surface area (TPSA) is 47.3 Å². The second kappa shape index (κ2) is 3.21. The molecule has 0 fully saturated rings. The van der Waals surface area contributed by atoms with E-state index >= 15 is 0 Å². The standard InChI is InChI=1S/C10H11N3O/c1-7(14)6-9-4-3-5-13-8(2)11-12-10(9)13/h3-5H,6H2,1-2H3. The lowest BCUT2D eigenvalue weighted by Crippen LogP contribution is -1.99. The van der Waals surface area contributed by atoms with Crippen LogP contribution in [-0.2, 0) is 11.2 Å². The van der Waals surface area contributed by atoms with Gasteiger partial charge in [0.1, 0.15) is 11.6 Å². The van der Waals surface area contributed by atoms with Gasteiger partial charge in [-0.15, -0.1) is 10.2 Å². The summed E-state index contributed by atoms with van der Waals surface area (Å²) in [5.74, 6) is 0.976. The molecule has 0 unspecified atom stereocenters. The molecule has 0 atom stereocenters. The summed E-state index contributed by atoms with van der Waals surface area (Å²) in [4.78, 5) is 11.0. The SMILES string of the molecule is CC(=O)Cc1cccn2c(C)nnc12. The van der Waals surface area contributed by atoms with Crippen LogP contribution in [0.2, 0.25) is 0 Å². The zero-order chi connectivity index (χ0) is 10.1. The Morgan fingerprint density at radius 1 is 1.50 bits per heavy atom. The molecule has 2 aromatic rings. The van der Waals surface area contributed by atoms with Crippen molar-refractivity contribution in [2.45, 2.75) is 20.3 Å². The van der Waals surface area contributed by atoms with Crippen LogP contribution in [0.15, 0.2) is 18.3 Å². The van der Waals surface area contributed by atoms with E-state index in [0.717, 1.165) is 17.0 Å². The van der Waals surface area contributed by atoms with Gasteiger partial charge in [-0.2, -0.15) is 0 Å². The summed E-state index contributed by atoms with van der Waals surface area (Å²) in [5, 5.41) is 8.00. The van der Waals surface area contributed by atoms with Gasteiger partial charge in [-0.05, 0) is 19.9 Å². The van der Waals surface area contributed by atoms with Gasteiger partial charge in [-0.1, -0.05) is 6.07 Å². The van der Waals surface area contributed by atoms with Crippen LogP contribution in [0.3, 0.4) is 0 Å². The number of aromatic nitrogens is 3. The second-order valence-corrected chi connectivity index (χ2v) is 3.35. The van der Waals surface area contributed by atoms with E-state index in [1.807, 2.05) is 29.7 Å². The van der Waals surface area contributed by atoms with Crippen molar-refractivity contribution in [2.75, 3.05) is 0 Å². The Balaban J connectivity index is 2.59. The first kappa shape index (κ1) is 8.87. The molecule has 0 spiro atoms. The highest BCUT2D eigenvalue weighted by Crippen LogP contribution is 2.10. The summed E-state index contributed by atoms with van der Waals surface area (Å²) in [7, 11) is 0. The molecule has 2 heterocycles. The van der Waals surface area contributed by atoms with E-state index in [1.54, 1.807) is 6.92 Å². The zero-order valence-electron chi connectivity index (χ0n) is 8.19. The Hall–Kier alpha value is -1.71. The Bertz CT molecular complexity index is 487. The van der Waals surface area contributed by atoms with Crippen LogP contribution >= 0.6 is 0 Å². The molecule has 0 N–H and O–H groups in total. The van der Waals surface area contributed by atoms with Crippen LogP contribution in [0.5, 0.6) is 0 Å². The van der Waals surface area contributed by atoms with Crippen molar-refractivity contribution >= 4 is 11.4 Å². The fourth-order valence-electron chi connectivity index (χ4n) is 1.49. The van der Waals surface area contributed by atoms with Gasteiger partial charge in [0.2, 0.25) is 0 Å². The Morgan fingerprint density at radius 3 is 3.00 bits per heavy atom. The molecule has 0 aliphatic rings. The summed E-state index contributed by atoms with van der Waals surface area (Å²) in [6, 6.07) is 3.81. The maximum atomic E-state index is 11.0. The van der Waals surface area contributed by atoms with Gasteiger partial charge in [0, 0.05) is 18.2 Å². The number of hydrogen-bond acceptors (Lipinski definition) is 3. The number of Topliss-reactive ketones (excluding diaryl/α,β-unsaturated/α-hetero) is 1. The third kappa shape index (κ3) is 1.39. The minimum atomic E-state index is 0.138. The lowest BCUT2D eigenvalue weighted by Gasteiger charge is -1.99. The summed E-state index contributed by atoms with van der Waals surface area (Å²) in [5.41, 5.74) is 1.71. The van der Waals surface area contributed by atoms with E-state index in [4.69, 9.17) is 0 Å². The zero-order valence-corrected chi connectivity index (χ0v) is 8.19. The van der Waals surface area contributed by atoms with Gasteiger partial charge in [0.05, 0.1) is 0 Å². The molecule has 14 heavy (non-hydrogen) atoms. The third-order valence-electron chi connectivity index (χ3n) is 2.13. The van der Waals surface area contributed by atoms with Crippen LogP contribution < -0.4 is 0 Å². The average molecular weight is 189 g/mol. The maximum Gasteiger partial charge on any atom is 0.164 e. The smallest absolute Gasteiger partial charge is 0.164 e. The van der Waals surface area contributed by atoms with E-state index in [-0.39, 0.29) is 5.78 Å². The molecule has 2 rings (SSSR count). The predicted molar refractivity (Wildman–Crippen MR) is 52.1 cm³/mol. The number of carbonyl (C=O) groups excluding carboxylic acids is 1. The molecular weight excluding hydrogens is 178 g/mol. The second-order valence-electron chi connectivity index (χ2n) is 3.35. The minimum Gasteiger partial charge on any atom is -0.300 e. The fraction of sp³-hybridized carbons (Fsp3) is 0.300. The maximum absolute atomic E-state index is 11.0. The summed E-state index contributed by atoms with van der Waals surface area (Å²) in [6.07, 6.45) is 2.32. The van der Waals surface area contributed by atoms with E-state index in [0.29, 0.717) is 6.42 Å². The lowest BCUT2D eigenvalue weighted by molar-refractivity contribution is -0.116. The van der Waals surface area contributed by atoms with E-state index in [9.17, 15) is 4.79 Å². The third-order valence-corrected chi connectivity index (χ3v) is 2.13. The molecule has 0 aliphatic carbocycles. The van der Waals surface area contributed by atoms with Crippen LogP contribution in [-0.4, -0.2) is 20.4 Å². The first-order chi connectivity index (χ1) is 6.68. The van der Waals surface area contributed by atoms with Gasteiger partial charge in [-0.3, -0.25) is 9.20 Å². The van der Waals surface area contributed by atoms with Crippen LogP contribution in [0, 0.1) is 6.92 Å². The summed E-state index contributed by atoms with van der Waals surface area (Å²) in [6.45, 7) is 3.46. The van der Waals surface area contributed by atoms with E-state index in [1.165, 1.54) is 0 Å². The molecule has 0 aromatic carbocycles. The molecule has 4 heteroatoms. The number of aryl methyl sites for hydroxylation is 1. The minimum absolute atomic E-state index is 0.138. The Morgan fingerprint density at radius 2 is 2.29 bits per heavy atom. The van der Waals surface area contributed by atoms with Crippen LogP contribution in [0.1, 0.15) is 18.3 Å². The molecule has 72 valence electrons. The number of pyridine rings is 1. The van der Waals surface area contributed by atoms with Crippen molar-refractivity contribution in [3.8, 4) is 0 Å². The molecule has 0 bridgehead atoms. The van der Waals surface area contributed by atoms with Gasteiger partial charge in [0.15, 0.2) is 5.65 Å². The normalized spacial score (nSPS) is 10.7. The first-order valence-electron chi connectivity index (χ1n) is 4.47. The number of hydrogen-bond donors (Lipinski definition) is 0. The molecule has 0 saturated carbocycles. The number of carbonyl (C=O) groups is 1. The Kier molecular flexibility index (Phi) is 2.04. The molecule has 0 radical (unpaired) electrons. The van der Waals surface area contributed by atoms with E-state index < -0.39 is 0 Å². The first-order valence-corrected chi connectivity index (χ1v) is 4.47. The van der Waals surface area contributed by atoms with Crippen molar-refractivity contribution in [3.05, 3.63) is 29.7 Å². The van der Waals surface area contributed by atoms with Crippen LogP contribution in [0.25, 0.3) is 5.65 Å². The predicted octanol–water partition coefficient (Wildman–Crippen LogP) is 1.17. The van der Waals surface area contributed by atoms with Crippen molar-refractivity contribution in [1.82, 2.24) is 14.6 Å². The lowest BCUT2D eigenvalue weighted by atomic mass is 10.1. The van der Waals surface area contributed by atoms with Gasteiger partial charge >= 0.3 is 0 Å². The molecule has 0 amide bonds. The van der Waals surface area contributed by atoms with Crippen molar-refractivity contribution in [2.24, 2.45) is 0 Å². The highest BCUT2D eigenvalue weighted by atomic mass is 16.1. The van der Waals surface area contributed by atoms with Crippen LogP contribution in [0.4, 0.5) is 0 Å². The number of rotatable bonds is 2. The number of fused-ring (bicyclic) bond motifs is 1. The molecule has 0 aliphatic heterocycles. The Labute approximate surface area is 81.6 Å². The molecule has 2 aromatic heterocycles. The largest absolute Gasteiger partial charge is 0.300 e. The molecular formula is C10H11N3O. The number of nitrogens with zero attached hydrogens (tertiary/aromatic N) is 3. The number of ketones is 1. The van der Waals surface area contributed by atoms with Gasteiger partial charge < -0.3 is 0 Å². The summed E-state index contributed by atoms with van der Waals surface area (Å²) >= 11 is 0. The van der Waals surface area contributed by atoms with Crippen molar-refractivity contribution in [1.29, 1.82) is 0 Å². The fourth-order valence-corrected chi connectivity index (χ4v) is 1.49. The molecule has 4 nitrogen and oxygen atoms in total. The van der Waals surface area contributed by atoms with Gasteiger partial charge in [0.25, 0.3) is 0 Å². The van der Waals surface area contributed by atoms with Crippen molar-refractivity contribution < 1.29 is 4.79 Å². The van der Waals surface area contributed by atoms with Gasteiger partial charge in [-0.25, -0.2) is 0 Å². The van der Waals surface area contributed by atoms with Crippen molar-refractivity contribution in [3.63, 3.8) is 0 Å². The highest BCUT2D eigenvalue weighted by molar-refractivity contribution is 5.80. The monoisotopic (exact) mass is 189 g/mol. The quantitative estimate of drug-likeness (QED) is 0.712. The molecule has 0 saturated heterocycles. The average Bonchev–Trinajstić information content (AvgIpc) is 2.49. The van der Waals surface area contributed by atoms with E-state index in [2.05, 4.69) is 10.2 Å². The highest BCUT2D eigenvalue weighted by Gasteiger charge is 2.07.